The molecule has 0 atom stereocenters. The van der Waals surface area contributed by atoms with Crippen molar-refractivity contribution in [3.05, 3.63) is 30.1 Å². The number of rotatable bonds is 5. The molecule has 0 aliphatic rings. The van der Waals surface area contributed by atoms with E-state index in [1.54, 1.807) is 36.2 Å². The molecule has 0 radical (unpaired) electrons. The fourth-order valence-electron chi connectivity index (χ4n) is 1.63. The Labute approximate surface area is 115 Å². The summed E-state index contributed by atoms with van der Waals surface area (Å²) in [6.45, 7) is 0. The quantitative estimate of drug-likeness (QED) is 0.582. The van der Waals surface area contributed by atoms with E-state index in [1.807, 2.05) is 7.05 Å². The van der Waals surface area contributed by atoms with E-state index < -0.39 is 7.12 Å². The van der Waals surface area contributed by atoms with Crippen LogP contribution in [0.2, 0.25) is 0 Å². The molecule has 0 unspecified atom stereocenters. The highest BCUT2D eigenvalue weighted by Crippen LogP contribution is 2.21. The highest BCUT2D eigenvalue weighted by atomic mass is 32.2. The highest BCUT2D eigenvalue weighted by Gasteiger charge is 2.17. The Morgan fingerprint density at radius 3 is 2.79 bits per heavy atom. The number of nitrogens with zero attached hydrogens (tertiary/aromatic N) is 3. The molecular weight excluding hydrogens is 265 g/mol. The Kier molecular flexibility index (Phi) is 4.46. The minimum absolute atomic E-state index is 0.468. The molecular formula is C11H14BN3O3S. The molecule has 0 spiro atoms. The number of aromatic nitrogens is 3. The van der Waals surface area contributed by atoms with E-state index in [0.29, 0.717) is 17.0 Å². The Hall–Kier alpha value is -1.51. The molecule has 1 aromatic carbocycles. The number of methoxy groups -OCH3 is 1. The first-order chi connectivity index (χ1) is 9.11. The molecule has 0 fully saturated rings. The molecule has 0 bridgehead atoms. The lowest BCUT2D eigenvalue weighted by Gasteiger charge is -2.10. The van der Waals surface area contributed by atoms with Crippen LogP contribution in [-0.4, -0.2) is 39.0 Å². The number of ether oxygens (including phenoxy) is 1. The van der Waals surface area contributed by atoms with E-state index in [-0.39, 0.29) is 0 Å². The van der Waals surface area contributed by atoms with Gasteiger partial charge in [0, 0.05) is 12.8 Å². The van der Waals surface area contributed by atoms with Gasteiger partial charge in [-0.15, -0.1) is 10.2 Å². The minimum Gasteiger partial charge on any atom is -0.497 e. The third kappa shape index (κ3) is 3.28. The molecule has 2 rings (SSSR count). The van der Waals surface area contributed by atoms with Gasteiger partial charge >= 0.3 is 7.12 Å². The molecule has 0 aliphatic carbocycles. The standard InChI is InChI=1S/C11H14BN3O3S/c1-15-7-13-14-11(15)19-6-8-5-9(18-2)3-4-10(8)12(16)17/h3-5,7,16-17H,6H2,1-2H3. The third-order valence-electron chi connectivity index (χ3n) is 2.65. The van der Waals surface area contributed by atoms with Gasteiger partial charge in [0.2, 0.25) is 0 Å². The number of hydrogen-bond acceptors (Lipinski definition) is 6. The number of thioether (sulfide) groups is 1. The van der Waals surface area contributed by atoms with Crippen LogP contribution in [0.25, 0.3) is 0 Å². The topological polar surface area (TPSA) is 80.4 Å². The van der Waals surface area contributed by atoms with Crippen LogP contribution < -0.4 is 10.2 Å². The molecule has 2 N–H and O–H groups in total. The summed E-state index contributed by atoms with van der Waals surface area (Å²) >= 11 is 1.47. The predicted octanol–water partition coefficient (Wildman–Crippen LogP) is -0.204. The van der Waals surface area contributed by atoms with Crippen LogP contribution in [0.5, 0.6) is 5.75 Å². The maximum atomic E-state index is 9.35. The van der Waals surface area contributed by atoms with Gasteiger partial charge in [0.25, 0.3) is 0 Å². The van der Waals surface area contributed by atoms with Crippen LogP contribution in [-0.2, 0) is 12.8 Å². The molecule has 0 saturated heterocycles. The third-order valence-corrected chi connectivity index (χ3v) is 3.74. The van der Waals surface area contributed by atoms with E-state index >= 15 is 0 Å². The van der Waals surface area contributed by atoms with E-state index in [2.05, 4.69) is 10.2 Å². The zero-order chi connectivity index (χ0) is 13.8. The van der Waals surface area contributed by atoms with Gasteiger partial charge in [-0.05, 0) is 23.2 Å². The van der Waals surface area contributed by atoms with E-state index in [1.165, 1.54) is 11.8 Å². The Bertz CT molecular complexity index is 562. The second kappa shape index (κ2) is 6.09. The van der Waals surface area contributed by atoms with E-state index in [9.17, 15) is 10.0 Å². The van der Waals surface area contributed by atoms with Crippen molar-refractivity contribution in [2.24, 2.45) is 7.05 Å². The summed E-state index contributed by atoms with van der Waals surface area (Å²) in [7, 11) is 1.93. The van der Waals surface area contributed by atoms with E-state index in [0.717, 1.165) is 10.7 Å². The SMILES string of the molecule is COc1ccc(B(O)O)c(CSc2nncn2C)c1. The fraction of sp³-hybridized carbons (Fsp3) is 0.273. The molecule has 6 nitrogen and oxygen atoms in total. The van der Waals surface area contributed by atoms with Crippen LogP contribution in [0, 0.1) is 0 Å². The molecule has 0 saturated carbocycles. The summed E-state index contributed by atoms with van der Waals surface area (Å²) in [5.41, 5.74) is 1.26. The number of hydrogen-bond donors (Lipinski definition) is 2. The summed E-state index contributed by atoms with van der Waals surface area (Å²) in [4.78, 5) is 0. The van der Waals surface area contributed by atoms with Gasteiger partial charge in [0.1, 0.15) is 12.1 Å². The maximum absolute atomic E-state index is 9.35. The second-order valence-electron chi connectivity index (χ2n) is 3.95. The lowest BCUT2D eigenvalue weighted by atomic mass is 9.77. The summed E-state index contributed by atoms with van der Waals surface area (Å²) in [6.07, 6.45) is 1.62. The van der Waals surface area contributed by atoms with Crippen molar-refractivity contribution in [2.75, 3.05) is 7.11 Å². The fourth-order valence-corrected chi connectivity index (χ4v) is 2.52. The van der Waals surface area contributed by atoms with Gasteiger partial charge in [-0.3, -0.25) is 0 Å². The summed E-state index contributed by atoms with van der Waals surface area (Å²) in [5.74, 6) is 1.23. The average molecular weight is 279 g/mol. The molecule has 1 aromatic heterocycles. The van der Waals surface area contributed by atoms with Crippen LogP contribution in [0.1, 0.15) is 5.56 Å². The molecule has 0 amide bonds. The van der Waals surface area contributed by atoms with Crippen LogP contribution >= 0.6 is 11.8 Å². The van der Waals surface area contributed by atoms with Crippen molar-refractivity contribution in [1.82, 2.24) is 14.8 Å². The van der Waals surface area contributed by atoms with Gasteiger partial charge in [-0.1, -0.05) is 17.8 Å². The second-order valence-corrected chi connectivity index (χ2v) is 4.89. The summed E-state index contributed by atoms with van der Waals surface area (Å²) < 4.78 is 6.95. The summed E-state index contributed by atoms with van der Waals surface area (Å²) in [6, 6.07) is 5.14. The zero-order valence-corrected chi connectivity index (χ0v) is 11.5. The van der Waals surface area contributed by atoms with Crippen molar-refractivity contribution in [1.29, 1.82) is 0 Å². The van der Waals surface area contributed by atoms with Crippen LogP contribution in [0.3, 0.4) is 0 Å². The highest BCUT2D eigenvalue weighted by molar-refractivity contribution is 7.98. The first kappa shape index (κ1) is 13.9. The van der Waals surface area contributed by atoms with Crippen molar-refractivity contribution in [2.45, 2.75) is 10.9 Å². The Balaban J connectivity index is 2.20. The average Bonchev–Trinajstić information content (AvgIpc) is 2.81. The van der Waals surface area contributed by atoms with Gasteiger partial charge in [0.05, 0.1) is 7.11 Å². The first-order valence-corrected chi connectivity index (χ1v) is 6.60. The van der Waals surface area contributed by atoms with Gasteiger partial charge in [-0.25, -0.2) is 0 Å². The molecule has 19 heavy (non-hydrogen) atoms. The number of benzene rings is 1. The Morgan fingerprint density at radius 2 is 2.21 bits per heavy atom. The van der Waals surface area contributed by atoms with Gasteiger partial charge < -0.3 is 19.4 Å². The molecule has 0 aliphatic heterocycles. The van der Waals surface area contributed by atoms with Gasteiger partial charge in [-0.2, -0.15) is 0 Å². The molecule has 1 heterocycles. The molecule has 8 heteroatoms. The zero-order valence-electron chi connectivity index (χ0n) is 10.6. The smallest absolute Gasteiger partial charge is 0.488 e. The minimum atomic E-state index is -1.50. The van der Waals surface area contributed by atoms with Crippen molar-refractivity contribution >= 4 is 24.3 Å². The lowest BCUT2D eigenvalue weighted by Crippen LogP contribution is -2.32. The Morgan fingerprint density at radius 1 is 1.42 bits per heavy atom. The van der Waals surface area contributed by atoms with Gasteiger partial charge in [0.15, 0.2) is 5.16 Å². The molecule has 100 valence electrons. The maximum Gasteiger partial charge on any atom is 0.488 e. The molecule has 2 aromatic rings. The van der Waals surface area contributed by atoms with Crippen LogP contribution in [0.15, 0.2) is 29.7 Å². The number of aryl methyl sites for hydroxylation is 1. The predicted molar refractivity (Wildman–Crippen MR) is 73.4 cm³/mol. The largest absolute Gasteiger partial charge is 0.497 e. The van der Waals surface area contributed by atoms with E-state index in [4.69, 9.17) is 4.74 Å². The van der Waals surface area contributed by atoms with Crippen molar-refractivity contribution in [3.63, 3.8) is 0 Å². The first-order valence-electron chi connectivity index (χ1n) is 5.61. The van der Waals surface area contributed by atoms with Crippen molar-refractivity contribution < 1.29 is 14.8 Å². The van der Waals surface area contributed by atoms with Crippen molar-refractivity contribution in [3.8, 4) is 5.75 Å². The lowest BCUT2D eigenvalue weighted by molar-refractivity contribution is 0.413. The normalized spacial score (nSPS) is 10.5. The van der Waals surface area contributed by atoms with Crippen LogP contribution in [0.4, 0.5) is 0 Å². The monoisotopic (exact) mass is 279 g/mol. The summed E-state index contributed by atoms with van der Waals surface area (Å²) in [5, 5.41) is 27.2.